The van der Waals surface area contributed by atoms with E-state index in [4.69, 9.17) is 9.66 Å². The van der Waals surface area contributed by atoms with Gasteiger partial charge in [-0.15, -0.1) is 0 Å². The Balaban J connectivity index is 2.74. The van der Waals surface area contributed by atoms with Crippen molar-refractivity contribution in [2.75, 3.05) is 5.01 Å². The zero-order chi connectivity index (χ0) is 15.9. The Kier molecular flexibility index (Phi) is 3.43. The largest absolute Gasteiger partial charge is 0.505 e. The summed E-state index contributed by atoms with van der Waals surface area (Å²) >= 11 is 0. The smallest absolute Gasteiger partial charge is 0.339 e. The number of carboxylic acids is 1. The van der Waals surface area contributed by atoms with Gasteiger partial charge in [-0.25, -0.2) is 4.79 Å². The topological polar surface area (TPSA) is 145 Å². The summed E-state index contributed by atoms with van der Waals surface area (Å²) in [7, 11) is -4.72. The van der Waals surface area contributed by atoms with E-state index < -0.39 is 43.9 Å². The van der Waals surface area contributed by atoms with Crippen LogP contribution in [-0.2, 0) is 14.9 Å². The number of hydrazone groups is 1. The van der Waals surface area contributed by atoms with Crippen molar-refractivity contribution in [1.29, 1.82) is 0 Å². The number of amides is 1. The molecule has 10 heteroatoms. The van der Waals surface area contributed by atoms with Gasteiger partial charge in [0.05, 0.1) is 11.3 Å². The maximum Gasteiger partial charge on any atom is 0.339 e. The Labute approximate surface area is 118 Å². The van der Waals surface area contributed by atoms with Crippen molar-refractivity contribution >= 4 is 33.4 Å². The Morgan fingerprint density at radius 2 is 2.00 bits per heavy atom. The molecule has 9 nitrogen and oxygen atoms in total. The Morgan fingerprint density at radius 1 is 1.38 bits per heavy atom. The van der Waals surface area contributed by atoms with Gasteiger partial charge < -0.3 is 10.2 Å². The van der Waals surface area contributed by atoms with E-state index in [1.807, 2.05) is 0 Å². The van der Waals surface area contributed by atoms with Gasteiger partial charge in [0.25, 0.3) is 16.0 Å². The molecular formula is C11H10N2O7S. The van der Waals surface area contributed by atoms with Crippen LogP contribution in [0.1, 0.15) is 23.7 Å². The third-order valence-corrected chi connectivity index (χ3v) is 3.57. The minimum Gasteiger partial charge on any atom is -0.505 e. The van der Waals surface area contributed by atoms with Gasteiger partial charge in [-0.05, 0) is 19.1 Å². The van der Waals surface area contributed by atoms with Crippen LogP contribution in [0.4, 0.5) is 5.69 Å². The zero-order valence-corrected chi connectivity index (χ0v) is 11.5. The fraction of sp³-hybridized carbons (Fsp3) is 0.182. The summed E-state index contributed by atoms with van der Waals surface area (Å²) in [6.45, 7) is 1.54. The summed E-state index contributed by atoms with van der Waals surface area (Å²) in [6.07, 6.45) is -0.0437. The molecule has 1 aliphatic rings. The Morgan fingerprint density at radius 3 is 2.43 bits per heavy atom. The van der Waals surface area contributed by atoms with E-state index in [0.29, 0.717) is 16.8 Å². The zero-order valence-electron chi connectivity index (χ0n) is 10.6. The molecule has 0 fully saturated rings. The molecule has 0 radical (unpaired) electrons. The van der Waals surface area contributed by atoms with Crippen molar-refractivity contribution in [1.82, 2.24) is 0 Å². The van der Waals surface area contributed by atoms with E-state index in [-0.39, 0.29) is 6.42 Å². The molecular weight excluding hydrogens is 304 g/mol. The molecule has 0 saturated carbocycles. The summed E-state index contributed by atoms with van der Waals surface area (Å²) in [6, 6.07) is 1.37. The van der Waals surface area contributed by atoms with Gasteiger partial charge in [0.2, 0.25) is 0 Å². The highest BCUT2D eigenvalue weighted by Crippen LogP contribution is 2.36. The van der Waals surface area contributed by atoms with Gasteiger partial charge in [0.15, 0.2) is 5.75 Å². The molecule has 1 heterocycles. The molecule has 1 aromatic rings. The van der Waals surface area contributed by atoms with Crippen molar-refractivity contribution < 1.29 is 32.8 Å². The molecule has 1 aromatic carbocycles. The normalized spacial score (nSPS) is 15.2. The van der Waals surface area contributed by atoms with Crippen LogP contribution in [0.3, 0.4) is 0 Å². The predicted octanol–water partition coefficient (Wildman–Crippen LogP) is 0.450. The maximum atomic E-state index is 11.7. The second kappa shape index (κ2) is 4.82. The number of carbonyl (C=O) groups excluding carboxylic acids is 1. The number of phenols is 1. The SMILES string of the molecule is CC1=NN(c2cc(S(=O)(=O)O)cc(C(=O)O)c2O)C(=O)C1. The van der Waals surface area contributed by atoms with Crippen LogP contribution in [0.15, 0.2) is 22.1 Å². The van der Waals surface area contributed by atoms with Gasteiger partial charge in [-0.1, -0.05) is 0 Å². The molecule has 0 unspecified atom stereocenters. The van der Waals surface area contributed by atoms with Gasteiger partial charge in [-0.3, -0.25) is 9.35 Å². The number of aromatic hydroxyl groups is 1. The van der Waals surface area contributed by atoms with Gasteiger partial charge in [0.1, 0.15) is 11.3 Å². The molecule has 1 aliphatic heterocycles. The number of nitrogens with zero attached hydrogens (tertiary/aromatic N) is 2. The Hall–Kier alpha value is -2.46. The first-order valence-corrected chi connectivity index (χ1v) is 7.00. The molecule has 0 saturated heterocycles. The maximum absolute atomic E-state index is 11.7. The summed E-state index contributed by atoms with van der Waals surface area (Å²) in [5, 5.41) is 23.4. The molecule has 2 rings (SSSR count). The van der Waals surface area contributed by atoms with Crippen molar-refractivity contribution in [3.8, 4) is 5.75 Å². The third-order valence-electron chi connectivity index (χ3n) is 2.73. The number of carboxylic acid groups (broad SMARTS) is 1. The van der Waals surface area contributed by atoms with Gasteiger partial charge in [0, 0.05) is 5.71 Å². The molecule has 0 aliphatic carbocycles. The third kappa shape index (κ3) is 2.71. The standard InChI is InChI=1S/C11H10N2O7S/c1-5-2-9(14)13(12-5)8-4-6(21(18,19)20)3-7(10(8)15)11(16)17/h3-4,15H,2H2,1H3,(H,16,17)(H,18,19,20). The molecule has 3 N–H and O–H groups in total. The summed E-state index contributed by atoms with van der Waals surface area (Å²) in [5.74, 6) is -3.00. The first-order chi connectivity index (χ1) is 9.61. The monoisotopic (exact) mass is 314 g/mol. The van der Waals surface area contributed by atoms with E-state index >= 15 is 0 Å². The minimum atomic E-state index is -4.72. The average Bonchev–Trinajstić information content (AvgIpc) is 2.66. The van der Waals surface area contributed by atoms with E-state index in [0.717, 1.165) is 6.07 Å². The first-order valence-electron chi connectivity index (χ1n) is 5.56. The van der Waals surface area contributed by atoms with Crippen molar-refractivity contribution in [3.63, 3.8) is 0 Å². The van der Waals surface area contributed by atoms with Crippen LogP contribution in [0.5, 0.6) is 5.75 Å². The van der Waals surface area contributed by atoms with Crippen LogP contribution in [0.2, 0.25) is 0 Å². The van der Waals surface area contributed by atoms with Gasteiger partial charge >= 0.3 is 5.97 Å². The first kappa shape index (κ1) is 14.9. The molecule has 1 amide bonds. The average molecular weight is 314 g/mol. The van der Waals surface area contributed by atoms with Crippen molar-refractivity contribution in [2.24, 2.45) is 5.10 Å². The highest BCUT2D eigenvalue weighted by Gasteiger charge is 2.29. The lowest BCUT2D eigenvalue weighted by Gasteiger charge is -2.15. The molecule has 0 spiro atoms. The number of benzene rings is 1. The Bertz CT molecular complexity index is 782. The van der Waals surface area contributed by atoms with Crippen LogP contribution in [-0.4, -0.2) is 40.8 Å². The fourth-order valence-corrected chi connectivity index (χ4v) is 2.34. The second-order valence-corrected chi connectivity index (χ2v) is 5.76. The molecule has 0 atom stereocenters. The summed E-state index contributed by atoms with van der Waals surface area (Å²) < 4.78 is 31.4. The number of hydrogen-bond acceptors (Lipinski definition) is 6. The highest BCUT2D eigenvalue weighted by atomic mass is 32.2. The number of carbonyl (C=O) groups is 2. The van der Waals surface area contributed by atoms with Crippen molar-refractivity contribution in [2.45, 2.75) is 18.2 Å². The van der Waals surface area contributed by atoms with E-state index in [1.54, 1.807) is 6.92 Å². The number of hydrogen-bond donors (Lipinski definition) is 3. The van der Waals surface area contributed by atoms with Crippen molar-refractivity contribution in [3.05, 3.63) is 17.7 Å². The molecule has 21 heavy (non-hydrogen) atoms. The number of aromatic carboxylic acids is 1. The number of rotatable bonds is 3. The lowest BCUT2D eigenvalue weighted by atomic mass is 10.1. The van der Waals surface area contributed by atoms with Gasteiger partial charge in [-0.2, -0.15) is 18.5 Å². The lowest BCUT2D eigenvalue weighted by Crippen LogP contribution is -2.21. The van der Waals surface area contributed by atoms with Crippen LogP contribution < -0.4 is 5.01 Å². The summed E-state index contributed by atoms with van der Waals surface area (Å²) in [5.41, 5.74) is -0.786. The fourth-order valence-electron chi connectivity index (χ4n) is 1.81. The van der Waals surface area contributed by atoms with Crippen LogP contribution in [0, 0.1) is 0 Å². The van der Waals surface area contributed by atoms with E-state index in [2.05, 4.69) is 5.10 Å². The number of anilines is 1. The molecule has 112 valence electrons. The highest BCUT2D eigenvalue weighted by molar-refractivity contribution is 7.85. The predicted molar refractivity (Wildman–Crippen MR) is 70.1 cm³/mol. The minimum absolute atomic E-state index is 0.0437. The van der Waals surface area contributed by atoms with E-state index in [9.17, 15) is 23.1 Å². The van der Waals surface area contributed by atoms with E-state index in [1.165, 1.54) is 0 Å². The van der Waals surface area contributed by atoms with Crippen LogP contribution in [0.25, 0.3) is 0 Å². The molecule has 0 aromatic heterocycles. The molecule has 0 bridgehead atoms. The summed E-state index contributed by atoms with van der Waals surface area (Å²) in [4.78, 5) is 22.0. The second-order valence-electron chi connectivity index (χ2n) is 4.34. The lowest BCUT2D eigenvalue weighted by molar-refractivity contribution is -0.116. The quantitative estimate of drug-likeness (QED) is 0.687. The van der Waals surface area contributed by atoms with Crippen LogP contribution >= 0.6 is 0 Å².